The Hall–Kier alpha value is -3.60. The first-order valence-electron chi connectivity index (χ1n) is 10.9. The smallest absolute Gasteiger partial charge is 0.258 e. The molecule has 0 spiro atoms. The first-order chi connectivity index (χ1) is 15.4. The van der Waals surface area contributed by atoms with E-state index in [0.29, 0.717) is 18.5 Å². The Kier molecular flexibility index (Phi) is 6.26. The molecule has 0 fully saturated rings. The Morgan fingerprint density at radius 1 is 1.00 bits per heavy atom. The van der Waals surface area contributed by atoms with Crippen molar-refractivity contribution < 1.29 is 14.3 Å². The highest BCUT2D eigenvalue weighted by atomic mass is 16.5. The molecule has 5 heteroatoms. The quantitative estimate of drug-likeness (QED) is 0.631. The maximum Gasteiger partial charge on any atom is 0.258 e. The highest BCUT2D eigenvalue weighted by Crippen LogP contribution is 2.34. The number of methoxy groups -OCH3 is 1. The van der Waals surface area contributed by atoms with Gasteiger partial charge in [-0.1, -0.05) is 42.0 Å². The van der Waals surface area contributed by atoms with Gasteiger partial charge in [0.2, 0.25) is 5.91 Å². The summed E-state index contributed by atoms with van der Waals surface area (Å²) in [5, 5.41) is 3.00. The third-order valence-corrected chi connectivity index (χ3v) is 5.90. The van der Waals surface area contributed by atoms with E-state index >= 15 is 0 Å². The molecule has 3 aromatic rings. The topological polar surface area (TPSA) is 58.6 Å². The van der Waals surface area contributed by atoms with Crippen LogP contribution >= 0.6 is 0 Å². The SMILES string of the molecule is COc1ccc(C(=O)N2c3cc(CNC(=O)Cc4ccc(C)cc4)ccc3CC2C)cc1. The number of carbonyl (C=O) groups is 2. The molecule has 32 heavy (non-hydrogen) atoms. The second kappa shape index (κ2) is 9.27. The van der Waals surface area contributed by atoms with Gasteiger partial charge >= 0.3 is 0 Å². The number of aryl methyl sites for hydroxylation is 1. The van der Waals surface area contributed by atoms with Crippen molar-refractivity contribution in [3.05, 3.63) is 94.5 Å². The summed E-state index contributed by atoms with van der Waals surface area (Å²) in [6.07, 6.45) is 1.17. The summed E-state index contributed by atoms with van der Waals surface area (Å²) in [4.78, 5) is 27.5. The van der Waals surface area contributed by atoms with E-state index < -0.39 is 0 Å². The monoisotopic (exact) mass is 428 g/mol. The maximum absolute atomic E-state index is 13.2. The molecule has 1 N–H and O–H groups in total. The second-order valence-electron chi connectivity index (χ2n) is 8.36. The summed E-state index contributed by atoms with van der Waals surface area (Å²) >= 11 is 0. The Labute approximate surface area is 189 Å². The van der Waals surface area contributed by atoms with Crippen LogP contribution in [-0.2, 0) is 24.2 Å². The molecule has 4 rings (SSSR count). The predicted octanol–water partition coefficient (Wildman–Crippen LogP) is 4.45. The summed E-state index contributed by atoms with van der Waals surface area (Å²) in [7, 11) is 1.61. The largest absolute Gasteiger partial charge is 0.497 e. The minimum atomic E-state index is -0.0283. The number of fused-ring (bicyclic) bond motifs is 1. The molecule has 1 aliphatic heterocycles. The van der Waals surface area contributed by atoms with Gasteiger partial charge in [0.15, 0.2) is 0 Å². The van der Waals surface area contributed by atoms with Crippen molar-refractivity contribution >= 4 is 17.5 Å². The van der Waals surface area contributed by atoms with Gasteiger partial charge in [0, 0.05) is 23.8 Å². The van der Waals surface area contributed by atoms with E-state index in [9.17, 15) is 9.59 Å². The number of hydrogen-bond acceptors (Lipinski definition) is 3. The van der Waals surface area contributed by atoms with Crippen molar-refractivity contribution in [1.29, 1.82) is 0 Å². The number of carbonyl (C=O) groups excluding carboxylic acids is 2. The van der Waals surface area contributed by atoms with Crippen LogP contribution < -0.4 is 15.0 Å². The molecule has 3 aromatic carbocycles. The zero-order valence-corrected chi connectivity index (χ0v) is 18.7. The van der Waals surface area contributed by atoms with Gasteiger partial charge in [-0.25, -0.2) is 0 Å². The van der Waals surface area contributed by atoms with Crippen molar-refractivity contribution in [1.82, 2.24) is 5.32 Å². The second-order valence-corrected chi connectivity index (χ2v) is 8.36. The Balaban J connectivity index is 1.45. The van der Waals surface area contributed by atoms with Crippen LogP contribution in [0, 0.1) is 6.92 Å². The van der Waals surface area contributed by atoms with Crippen molar-refractivity contribution in [3.63, 3.8) is 0 Å². The average Bonchev–Trinajstić information content (AvgIpc) is 3.13. The minimum Gasteiger partial charge on any atom is -0.497 e. The average molecular weight is 429 g/mol. The van der Waals surface area contributed by atoms with Gasteiger partial charge in [0.1, 0.15) is 5.75 Å². The number of nitrogens with one attached hydrogen (secondary N) is 1. The number of rotatable bonds is 6. The van der Waals surface area contributed by atoms with Crippen LogP contribution in [0.3, 0.4) is 0 Å². The van der Waals surface area contributed by atoms with E-state index in [2.05, 4.69) is 18.3 Å². The Bertz CT molecular complexity index is 1120. The Morgan fingerprint density at radius 2 is 1.69 bits per heavy atom. The lowest BCUT2D eigenvalue weighted by Gasteiger charge is -2.23. The summed E-state index contributed by atoms with van der Waals surface area (Å²) in [6.45, 7) is 4.52. The van der Waals surface area contributed by atoms with Crippen LogP contribution in [0.15, 0.2) is 66.7 Å². The lowest BCUT2D eigenvalue weighted by Crippen LogP contribution is -2.35. The van der Waals surface area contributed by atoms with Crippen molar-refractivity contribution in [2.24, 2.45) is 0 Å². The van der Waals surface area contributed by atoms with E-state index in [4.69, 9.17) is 4.74 Å². The number of hydrogen-bond donors (Lipinski definition) is 1. The van der Waals surface area contributed by atoms with Gasteiger partial charge in [-0.05, 0) is 67.3 Å². The lowest BCUT2D eigenvalue weighted by molar-refractivity contribution is -0.120. The molecule has 0 radical (unpaired) electrons. The summed E-state index contributed by atoms with van der Waals surface area (Å²) in [5.41, 5.74) is 5.84. The van der Waals surface area contributed by atoms with E-state index in [1.165, 1.54) is 5.56 Å². The van der Waals surface area contributed by atoms with E-state index in [1.807, 2.05) is 48.2 Å². The summed E-state index contributed by atoms with van der Waals surface area (Å²) < 4.78 is 5.20. The highest BCUT2D eigenvalue weighted by Gasteiger charge is 2.31. The number of nitrogens with zero attached hydrogens (tertiary/aromatic N) is 1. The minimum absolute atomic E-state index is 0.0196. The zero-order chi connectivity index (χ0) is 22.7. The molecule has 1 atom stereocenters. The number of anilines is 1. The third-order valence-electron chi connectivity index (χ3n) is 5.90. The predicted molar refractivity (Wildman–Crippen MR) is 126 cm³/mol. The van der Waals surface area contributed by atoms with Gasteiger partial charge in [0.05, 0.1) is 13.5 Å². The van der Waals surface area contributed by atoms with Crippen LogP contribution in [-0.4, -0.2) is 25.0 Å². The van der Waals surface area contributed by atoms with Gasteiger partial charge < -0.3 is 15.0 Å². The van der Waals surface area contributed by atoms with E-state index in [-0.39, 0.29) is 17.9 Å². The fourth-order valence-corrected chi connectivity index (χ4v) is 4.10. The first kappa shape index (κ1) is 21.6. The number of amides is 2. The fraction of sp³-hybridized carbons (Fsp3) is 0.259. The van der Waals surface area contributed by atoms with Gasteiger partial charge in [0.25, 0.3) is 5.91 Å². The van der Waals surface area contributed by atoms with Gasteiger partial charge in [-0.2, -0.15) is 0 Å². The Morgan fingerprint density at radius 3 is 2.38 bits per heavy atom. The van der Waals surface area contributed by atoms with Gasteiger partial charge in [-0.15, -0.1) is 0 Å². The zero-order valence-electron chi connectivity index (χ0n) is 18.7. The molecule has 164 valence electrons. The standard InChI is InChI=1S/C27H28N2O3/c1-18-4-6-20(7-5-18)16-26(30)28-17-21-8-9-23-14-19(2)29(25(23)15-21)27(31)22-10-12-24(32-3)13-11-22/h4-13,15,19H,14,16-17H2,1-3H3,(H,28,30). The molecule has 1 unspecified atom stereocenters. The van der Waals surface area contributed by atoms with Crippen molar-refractivity contribution in [2.75, 3.05) is 12.0 Å². The molecule has 0 bridgehead atoms. The summed E-state index contributed by atoms with van der Waals surface area (Å²) in [5.74, 6) is 0.674. The molecule has 0 saturated heterocycles. The molecule has 0 saturated carbocycles. The van der Waals surface area contributed by atoms with Crippen LogP contribution in [0.5, 0.6) is 5.75 Å². The number of benzene rings is 3. The highest BCUT2D eigenvalue weighted by molar-refractivity contribution is 6.07. The summed E-state index contributed by atoms with van der Waals surface area (Å²) in [6, 6.07) is 21.4. The van der Waals surface area contributed by atoms with E-state index in [1.54, 1.807) is 31.4 Å². The van der Waals surface area contributed by atoms with E-state index in [0.717, 1.165) is 34.5 Å². The van der Waals surface area contributed by atoms with Crippen LogP contribution in [0.4, 0.5) is 5.69 Å². The molecule has 1 aliphatic rings. The molecular formula is C27H28N2O3. The molecule has 2 amide bonds. The van der Waals surface area contributed by atoms with Crippen LogP contribution in [0.2, 0.25) is 0 Å². The van der Waals surface area contributed by atoms with Gasteiger partial charge in [-0.3, -0.25) is 9.59 Å². The fourth-order valence-electron chi connectivity index (χ4n) is 4.10. The molecule has 0 aliphatic carbocycles. The normalized spacial score (nSPS) is 14.7. The third kappa shape index (κ3) is 4.67. The van der Waals surface area contributed by atoms with Crippen molar-refractivity contribution in [3.8, 4) is 5.75 Å². The molecule has 0 aromatic heterocycles. The number of ether oxygens (including phenoxy) is 1. The van der Waals surface area contributed by atoms with Crippen LogP contribution in [0.1, 0.15) is 39.5 Å². The van der Waals surface area contributed by atoms with Crippen molar-refractivity contribution in [2.45, 2.75) is 39.3 Å². The molecule has 5 nitrogen and oxygen atoms in total. The van der Waals surface area contributed by atoms with Crippen LogP contribution in [0.25, 0.3) is 0 Å². The molecular weight excluding hydrogens is 400 g/mol. The first-order valence-corrected chi connectivity index (χ1v) is 10.9. The lowest BCUT2D eigenvalue weighted by atomic mass is 10.1. The molecule has 1 heterocycles. The maximum atomic E-state index is 13.2.